The van der Waals surface area contributed by atoms with Gasteiger partial charge in [0, 0.05) is 59.8 Å². The number of para-hydroxylation sites is 5. The summed E-state index contributed by atoms with van der Waals surface area (Å²) in [6.45, 7) is 9.41. The summed E-state index contributed by atoms with van der Waals surface area (Å²) in [6, 6.07) is 76.2. The van der Waals surface area contributed by atoms with Crippen molar-refractivity contribution in [3.63, 3.8) is 0 Å². The fourth-order valence-electron chi connectivity index (χ4n) is 15.5. The molecule has 80 heavy (non-hydrogen) atoms. The van der Waals surface area contributed by atoms with Crippen LogP contribution in [0.1, 0.15) is 78.8 Å². The molecule has 6 heteroatoms. The first-order valence-electron chi connectivity index (χ1n) is 27.9. The van der Waals surface area contributed by atoms with Crippen molar-refractivity contribution in [2.75, 3.05) is 0 Å². The van der Waals surface area contributed by atoms with Crippen LogP contribution in [0.4, 0.5) is 0 Å². The van der Waals surface area contributed by atoms with Gasteiger partial charge in [-0.1, -0.05) is 204 Å². The van der Waals surface area contributed by atoms with Crippen molar-refractivity contribution in [1.82, 2.24) is 18.3 Å². The van der Waals surface area contributed by atoms with Gasteiger partial charge in [0.15, 0.2) is 0 Å². The van der Waals surface area contributed by atoms with Crippen molar-refractivity contribution in [2.45, 2.75) is 51.4 Å². The number of hydrogen-bond donors (Lipinski definition) is 0. The van der Waals surface area contributed by atoms with Gasteiger partial charge in [-0.05, 0) is 87.7 Å². The molecule has 0 unspecified atom stereocenters. The van der Waals surface area contributed by atoms with Crippen LogP contribution in [0.15, 0.2) is 200 Å². The lowest BCUT2D eigenvalue weighted by Gasteiger charge is -2.30. The van der Waals surface area contributed by atoms with E-state index >= 15 is 0 Å². The largest absolute Gasteiger partial charge is 0.309 e. The summed E-state index contributed by atoms with van der Waals surface area (Å²) >= 11 is 0. The summed E-state index contributed by atoms with van der Waals surface area (Å²) < 4.78 is 9.77. The third-order valence-corrected chi connectivity index (χ3v) is 18.6. The number of nitrogens with zero attached hydrogens (tertiary/aromatic N) is 6. The van der Waals surface area contributed by atoms with Crippen molar-refractivity contribution in [3.8, 4) is 57.1 Å². The van der Waals surface area contributed by atoms with Crippen molar-refractivity contribution in [1.29, 1.82) is 10.5 Å². The fraction of sp³-hybridized carbons (Fsp3) is 0.108. The van der Waals surface area contributed by atoms with Crippen LogP contribution >= 0.6 is 0 Å². The van der Waals surface area contributed by atoms with Crippen LogP contribution in [0.2, 0.25) is 0 Å². The zero-order valence-electron chi connectivity index (χ0n) is 44.7. The van der Waals surface area contributed by atoms with Crippen LogP contribution in [0, 0.1) is 22.7 Å². The van der Waals surface area contributed by atoms with Gasteiger partial charge in [0.05, 0.1) is 72.5 Å². The van der Waals surface area contributed by atoms with Gasteiger partial charge in [-0.3, -0.25) is 0 Å². The number of rotatable bonds is 4. The molecule has 0 saturated carbocycles. The van der Waals surface area contributed by atoms with E-state index in [0.717, 1.165) is 112 Å². The third kappa shape index (κ3) is 5.45. The topological polar surface area (TPSA) is 67.3 Å². The van der Waals surface area contributed by atoms with Crippen LogP contribution in [-0.2, 0) is 17.3 Å². The zero-order valence-corrected chi connectivity index (χ0v) is 44.7. The van der Waals surface area contributed by atoms with E-state index in [4.69, 9.17) is 0 Å². The van der Waals surface area contributed by atoms with E-state index in [9.17, 15) is 10.5 Å². The second-order valence-electron chi connectivity index (χ2n) is 23.2. The molecule has 14 aromatic rings. The molecule has 4 aromatic heterocycles. The van der Waals surface area contributed by atoms with Crippen molar-refractivity contribution in [2.24, 2.45) is 0 Å². The van der Waals surface area contributed by atoms with Crippen LogP contribution in [0.5, 0.6) is 0 Å². The maximum Gasteiger partial charge on any atom is 0.103 e. The second kappa shape index (κ2) is 15.8. The first-order valence-corrected chi connectivity index (χ1v) is 27.9. The number of nitriles is 2. The Morgan fingerprint density at radius 2 is 0.738 bits per heavy atom. The molecule has 3 aliphatic rings. The van der Waals surface area contributed by atoms with Crippen LogP contribution in [0.3, 0.4) is 0 Å². The lowest BCUT2D eigenvalue weighted by atomic mass is 9.81. The molecule has 3 aliphatic carbocycles. The molecule has 0 atom stereocenters. The Morgan fingerprint density at radius 3 is 1.20 bits per heavy atom. The van der Waals surface area contributed by atoms with E-state index < -0.39 is 10.8 Å². The molecule has 10 aromatic carbocycles. The minimum atomic E-state index is -0.438. The van der Waals surface area contributed by atoms with Gasteiger partial charge in [-0.15, -0.1) is 0 Å². The van der Waals surface area contributed by atoms with Crippen molar-refractivity contribution in [3.05, 3.63) is 245 Å². The lowest BCUT2D eigenvalue weighted by molar-refractivity contribution is 0.662. The van der Waals surface area contributed by atoms with Gasteiger partial charge in [0.2, 0.25) is 0 Å². The van der Waals surface area contributed by atoms with Gasteiger partial charge in [-0.25, -0.2) is 0 Å². The molecule has 0 N–H and O–H groups in total. The smallest absolute Gasteiger partial charge is 0.103 e. The molecule has 6 nitrogen and oxygen atoms in total. The summed E-state index contributed by atoms with van der Waals surface area (Å²) in [5.41, 5.74) is 21.8. The van der Waals surface area contributed by atoms with E-state index in [2.05, 4.69) is 264 Å². The SMILES string of the molecule is CC1(C)c2ccccc2-c2ccc3c4c(n(-c5c(C#N)c(C#N)c(-n6c7ccccc7c7ccc8c(c76)C(C)(C)c6ccccc6-8)c(-n6c7ccccc7c7ccccc76)c5-n5c6ccccc6c6ccccc65)c3c21)CCC=C4. The Morgan fingerprint density at radius 1 is 0.362 bits per heavy atom. The van der Waals surface area contributed by atoms with E-state index in [-0.39, 0.29) is 0 Å². The normalized spacial score (nSPS) is 14.5. The molecule has 17 rings (SSSR count). The minimum absolute atomic E-state index is 0.314. The van der Waals surface area contributed by atoms with Gasteiger partial charge < -0.3 is 18.3 Å². The molecule has 0 amide bonds. The molecular formula is C74H50N6. The highest BCUT2D eigenvalue weighted by molar-refractivity contribution is 6.17. The van der Waals surface area contributed by atoms with Crippen LogP contribution < -0.4 is 0 Å². The standard InChI is InChI=1S/C74H50N6/c1-73(2)57-29-13-5-21-43(57)51-37-39-53-49-27-11-19-35-63(49)79(67(53)65(51)73)69-55(41-75)56(42-76)70(80-64-36-20-12-28-50(64)54-40-38-52-44-22-6-14-30-58(44)74(3,4)66(52)68(54)80)72(78-61-33-17-9-25-47(61)48-26-10-18-34-62(48)78)71(69)77-59-31-15-7-23-45(59)46-24-8-16-32-60(46)77/h5-19,21-35,37-40H,20,36H2,1-4H3. The monoisotopic (exact) mass is 1020 g/mol. The highest BCUT2D eigenvalue weighted by Crippen LogP contribution is 2.57. The van der Waals surface area contributed by atoms with Gasteiger partial charge in [-0.2, -0.15) is 10.5 Å². The number of allylic oxidation sites excluding steroid dienone is 1. The maximum atomic E-state index is 12.7. The average Bonchev–Trinajstić information content (AvgIpc) is 4.48. The van der Waals surface area contributed by atoms with E-state index in [1.54, 1.807) is 0 Å². The van der Waals surface area contributed by atoms with Gasteiger partial charge in [0.1, 0.15) is 12.1 Å². The van der Waals surface area contributed by atoms with E-state index in [1.807, 2.05) is 0 Å². The number of fused-ring (bicyclic) bond motifs is 20. The Kier molecular flexibility index (Phi) is 8.85. The third-order valence-electron chi connectivity index (χ3n) is 18.6. The number of benzene rings is 10. The first-order chi connectivity index (χ1) is 39.2. The average molecular weight is 1020 g/mol. The fourth-order valence-corrected chi connectivity index (χ4v) is 15.5. The molecule has 4 heterocycles. The summed E-state index contributed by atoms with van der Waals surface area (Å²) in [5, 5.41) is 33.1. The molecule has 0 bridgehead atoms. The Bertz CT molecular complexity index is 5170. The summed E-state index contributed by atoms with van der Waals surface area (Å²) in [7, 11) is 0. The summed E-state index contributed by atoms with van der Waals surface area (Å²) in [6.07, 6.45) is 6.17. The van der Waals surface area contributed by atoms with E-state index in [0.29, 0.717) is 22.5 Å². The summed E-state index contributed by atoms with van der Waals surface area (Å²) in [4.78, 5) is 0. The zero-order chi connectivity index (χ0) is 53.5. The summed E-state index contributed by atoms with van der Waals surface area (Å²) in [5.74, 6) is 0. The molecule has 0 radical (unpaired) electrons. The van der Waals surface area contributed by atoms with Crippen LogP contribution in [-0.4, -0.2) is 18.3 Å². The van der Waals surface area contributed by atoms with E-state index in [1.165, 1.54) is 44.5 Å². The first kappa shape index (κ1) is 44.9. The quantitative estimate of drug-likeness (QED) is 0.176. The number of aromatic nitrogens is 4. The number of hydrogen-bond acceptors (Lipinski definition) is 2. The molecule has 0 aliphatic heterocycles. The Balaban J connectivity index is 1.20. The highest BCUT2D eigenvalue weighted by Gasteiger charge is 2.43. The molecule has 376 valence electrons. The van der Waals surface area contributed by atoms with Gasteiger partial charge >= 0.3 is 0 Å². The lowest BCUT2D eigenvalue weighted by Crippen LogP contribution is -2.21. The maximum absolute atomic E-state index is 12.7. The predicted octanol–water partition coefficient (Wildman–Crippen LogP) is 18.2. The Hall–Kier alpha value is -10.1. The van der Waals surface area contributed by atoms with Gasteiger partial charge in [0.25, 0.3) is 0 Å². The molecule has 0 saturated heterocycles. The minimum Gasteiger partial charge on any atom is -0.309 e. The Labute approximate surface area is 462 Å². The van der Waals surface area contributed by atoms with Crippen molar-refractivity contribution < 1.29 is 0 Å². The van der Waals surface area contributed by atoms with Crippen LogP contribution in [0.25, 0.3) is 127 Å². The molecular weight excluding hydrogens is 973 g/mol. The van der Waals surface area contributed by atoms with Crippen molar-refractivity contribution >= 4 is 82.4 Å². The molecule has 0 spiro atoms. The molecule has 0 fully saturated rings. The predicted molar refractivity (Wildman–Crippen MR) is 328 cm³/mol. The highest BCUT2D eigenvalue weighted by atomic mass is 15.1. The second-order valence-corrected chi connectivity index (χ2v) is 23.2.